The summed E-state index contributed by atoms with van der Waals surface area (Å²) in [6.07, 6.45) is 0. The molecule has 5 nitrogen and oxygen atoms in total. The van der Waals surface area contributed by atoms with Crippen molar-refractivity contribution in [3.05, 3.63) is 29.3 Å². The third kappa shape index (κ3) is 1.92. The van der Waals surface area contributed by atoms with Gasteiger partial charge >= 0.3 is 0 Å². The summed E-state index contributed by atoms with van der Waals surface area (Å²) in [5.74, 6) is 0. The quantitative estimate of drug-likeness (QED) is 0.820. The smallest absolute Gasteiger partial charge is 0.154 e. The molecule has 0 saturated carbocycles. The fraction of sp³-hybridized carbons (Fsp3) is 0.400. The molecule has 0 radical (unpaired) electrons. The normalized spacial score (nSPS) is 14.4. The molecule has 1 aromatic carbocycles. The van der Waals surface area contributed by atoms with Gasteiger partial charge in [-0.25, -0.2) is 5.01 Å². The minimum atomic E-state index is 0.542. The summed E-state index contributed by atoms with van der Waals surface area (Å²) < 4.78 is 5.19. The zero-order valence-corrected chi connectivity index (χ0v) is 8.90. The third-order valence-corrected chi connectivity index (χ3v) is 2.41. The first-order valence-electron chi connectivity index (χ1n) is 4.80. The van der Waals surface area contributed by atoms with E-state index in [1.54, 1.807) is 7.11 Å². The molecule has 0 aromatic heterocycles. The number of nitrogens with one attached hydrogen (secondary N) is 1. The van der Waals surface area contributed by atoms with E-state index in [2.05, 4.69) is 28.9 Å². The molecule has 1 aliphatic heterocycles. The van der Waals surface area contributed by atoms with E-state index in [9.17, 15) is 0 Å². The largest absolute Gasteiger partial charge is 0.380 e. The van der Waals surface area contributed by atoms with E-state index in [4.69, 9.17) is 4.74 Å². The number of hydrogen-bond donors (Lipinski definition) is 1. The van der Waals surface area contributed by atoms with Gasteiger partial charge in [0.2, 0.25) is 0 Å². The molecule has 15 heavy (non-hydrogen) atoms. The van der Waals surface area contributed by atoms with Gasteiger partial charge in [-0.3, -0.25) is 0 Å². The van der Waals surface area contributed by atoms with Gasteiger partial charge in [0.05, 0.1) is 12.3 Å². The molecular weight excluding hydrogens is 192 g/mol. The van der Waals surface area contributed by atoms with Crippen LogP contribution in [0.1, 0.15) is 11.1 Å². The van der Waals surface area contributed by atoms with Gasteiger partial charge in [0.25, 0.3) is 0 Å². The van der Waals surface area contributed by atoms with Gasteiger partial charge in [-0.2, -0.15) is 5.53 Å². The van der Waals surface area contributed by atoms with Gasteiger partial charge < -0.3 is 4.74 Å². The van der Waals surface area contributed by atoms with E-state index in [1.807, 2.05) is 17.1 Å². The molecule has 1 N–H and O–H groups in total. The van der Waals surface area contributed by atoms with Crippen molar-refractivity contribution in [3.63, 3.8) is 0 Å². The predicted octanol–water partition coefficient (Wildman–Crippen LogP) is 1.79. The van der Waals surface area contributed by atoms with E-state index in [1.165, 1.54) is 11.1 Å². The van der Waals surface area contributed by atoms with Crippen LogP contribution in [-0.4, -0.2) is 13.8 Å². The molecule has 0 spiro atoms. The summed E-state index contributed by atoms with van der Waals surface area (Å²) in [6.45, 7) is 3.21. The van der Waals surface area contributed by atoms with Crippen LogP contribution in [0.2, 0.25) is 0 Å². The summed E-state index contributed by atoms with van der Waals surface area (Å²) in [7, 11) is 1.70. The van der Waals surface area contributed by atoms with Crippen LogP contribution in [0.3, 0.4) is 0 Å². The fourth-order valence-corrected chi connectivity index (χ4v) is 1.61. The lowest BCUT2D eigenvalue weighted by molar-refractivity contribution is 0.184. The molecule has 0 aliphatic carbocycles. The summed E-state index contributed by atoms with van der Waals surface area (Å²) in [5, 5.41) is 9.49. The maximum absolute atomic E-state index is 5.19. The second kappa shape index (κ2) is 4.27. The van der Waals surface area contributed by atoms with Gasteiger partial charge in [-0.1, -0.05) is 17.4 Å². The Morgan fingerprint density at radius 3 is 3.07 bits per heavy atom. The first-order chi connectivity index (χ1) is 7.33. The van der Waals surface area contributed by atoms with Gasteiger partial charge in [0, 0.05) is 12.7 Å². The summed E-state index contributed by atoms with van der Waals surface area (Å²) in [4.78, 5) is 0. The van der Waals surface area contributed by atoms with Gasteiger partial charge in [0.15, 0.2) is 6.67 Å². The molecule has 0 amide bonds. The number of hydrogen-bond acceptors (Lipinski definition) is 5. The number of hydrazine groups is 1. The van der Waals surface area contributed by atoms with Crippen molar-refractivity contribution >= 4 is 5.69 Å². The van der Waals surface area contributed by atoms with Gasteiger partial charge in [-0.15, -0.1) is 5.11 Å². The number of rotatable bonds is 3. The highest BCUT2D eigenvalue weighted by Gasteiger charge is 2.14. The Morgan fingerprint density at radius 1 is 1.53 bits per heavy atom. The van der Waals surface area contributed by atoms with Crippen LogP contribution in [0, 0.1) is 6.92 Å². The van der Waals surface area contributed by atoms with E-state index in [0.717, 1.165) is 5.69 Å². The monoisotopic (exact) mass is 206 g/mol. The zero-order valence-electron chi connectivity index (χ0n) is 8.90. The van der Waals surface area contributed by atoms with Crippen molar-refractivity contribution in [1.82, 2.24) is 5.53 Å². The van der Waals surface area contributed by atoms with Crippen molar-refractivity contribution < 1.29 is 4.74 Å². The first-order valence-corrected chi connectivity index (χ1v) is 4.80. The van der Waals surface area contributed by atoms with Gasteiger partial charge in [-0.05, 0) is 18.6 Å². The SMILES string of the molecule is COCc1c(C)cccc1N1CN=NN1. The lowest BCUT2D eigenvalue weighted by Crippen LogP contribution is -2.30. The Kier molecular flexibility index (Phi) is 2.82. The molecule has 0 atom stereocenters. The van der Waals surface area contributed by atoms with Crippen LogP contribution in [0.25, 0.3) is 0 Å². The second-order valence-corrected chi connectivity index (χ2v) is 3.42. The highest BCUT2D eigenvalue weighted by atomic mass is 16.5. The van der Waals surface area contributed by atoms with Crippen molar-refractivity contribution in [2.75, 3.05) is 18.8 Å². The minimum Gasteiger partial charge on any atom is -0.380 e. The van der Waals surface area contributed by atoms with Crippen LogP contribution in [0.5, 0.6) is 0 Å². The topological polar surface area (TPSA) is 49.2 Å². The molecule has 1 heterocycles. The average molecular weight is 206 g/mol. The number of nitrogens with zero attached hydrogens (tertiary/aromatic N) is 3. The fourth-order valence-electron chi connectivity index (χ4n) is 1.61. The molecule has 0 unspecified atom stereocenters. The molecule has 1 aromatic rings. The summed E-state index contributed by atoms with van der Waals surface area (Å²) in [5.41, 5.74) is 6.28. The lowest BCUT2D eigenvalue weighted by atomic mass is 10.1. The number of aryl methyl sites for hydroxylation is 1. The number of anilines is 1. The highest BCUT2D eigenvalue weighted by molar-refractivity contribution is 5.55. The van der Waals surface area contributed by atoms with Gasteiger partial charge in [0.1, 0.15) is 0 Å². The maximum Gasteiger partial charge on any atom is 0.154 e. The van der Waals surface area contributed by atoms with Crippen LogP contribution in [0.4, 0.5) is 5.69 Å². The van der Waals surface area contributed by atoms with Crippen molar-refractivity contribution in [1.29, 1.82) is 0 Å². The van der Waals surface area contributed by atoms with E-state index in [0.29, 0.717) is 13.3 Å². The van der Waals surface area contributed by atoms with E-state index >= 15 is 0 Å². The first kappa shape index (κ1) is 9.92. The van der Waals surface area contributed by atoms with Crippen LogP contribution in [-0.2, 0) is 11.3 Å². The van der Waals surface area contributed by atoms with Crippen molar-refractivity contribution in [3.8, 4) is 0 Å². The van der Waals surface area contributed by atoms with Crippen LogP contribution in [0.15, 0.2) is 28.5 Å². The molecule has 80 valence electrons. The minimum absolute atomic E-state index is 0.542. The predicted molar refractivity (Wildman–Crippen MR) is 57.2 cm³/mol. The number of benzene rings is 1. The molecule has 2 rings (SSSR count). The Morgan fingerprint density at radius 2 is 2.40 bits per heavy atom. The number of ether oxygens (including phenoxy) is 1. The third-order valence-electron chi connectivity index (χ3n) is 2.41. The molecule has 0 fully saturated rings. The molecular formula is C10H14N4O. The van der Waals surface area contributed by atoms with E-state index in [-0.39, 0.29) is 0 Å². The number of methoxy groups -OCH3 is 1. The molecule has 1 aliphatic rings. The van der Waals surface area contributed by atoms with Crippen molar-refractivity contribution in [2.45, 2.75) is 13.5 Å². The second-order valence-electron chi connectivity index (χ2n) is 3.42. The van der Waals surface area contributed by atoms with Crippen molar-refractivity contribution in [2.24, 2.45) is 10.3 Å². The Hall–Kier alpha value is -1.62. The average Bonchev–Trinajstić information content (AvgIpc) is 2.74. The Bertz CT molecular complexity index is 370. The van der Waals surface area contributed by atoms with E-state index < -0.39 is 0 Å². The van der Waals surface area contributed by atoms with Crippen LogP contribution < -0.4 is 10.5 Å². The summed E-state index contributed by atoms with van der Waals surface area (Å²) >= 11 is 0. The molecule has 5 heteroatoms. The molecule has 0 bridgehead atoms. The Balaban J connectivity index is 2.32. The lowest BCUT2D eigenvalue weighted by Gasteiger charge is -2.20. The summed E-state index contributed by atoms with van der Waals surface area (Å²) in [6, 6.07) is 6.12. The highest BCUT2D eigenvalue weighted by Crippen LogP contribution is 2.24. The Labute approximate surface area is 88.7 Å². The zero-order chi connectivity index (χ0) is 10.7. The standard InChI is InChI=1S/C10H14N4O/c1-8-4-3-5-10(9(8)6-15-2)14-7-11-12-13-14/h3-5H,6-7H2,1-2H3,(H,11,13). The van der Waals surface area contributed by atoms with Crippen LogP contribution >= 0.6 is 0 Å². The molecule has 0 saturated heterocycles. The maximum atomic E-state index is 5.19.